The maximum atomic E-state index is 13.5. The summed E-state index contributed by atoms with van der Waals surface area (Å²) in [7, 11) is 0. The normalized spacial score (nSPS) is 10.4. The first kappa shape index (κ1) is 12.6. The largest absolute Gasteiger partial charge is 0.436 e. The van der Waals surface area contributed by atoms with Crippen molar-refractivity contribution in [1.82, 2.24) is 14.4 Å². The first-order valence-corrected chi connectivity index (χ1v) is 6.33. The van der Waals surface area contributed by atoms with Crippen LogP contribution in [-0.2, 0) is 0 Å². The zero-order chi connectivity index (χ0) is 14.1. The molecule has 1 aromatic carbocycles. The van der Waals surface area contributed by atoms with Gasteiger partial charge in [-0.2, -0.15) is 5.26 Å². The van der Waals surface area contributed by atoms with Gasteiger partial charge >= 0.3 is 0 Å². The zero-order valence-electron chi connectivity index (χ0n) is 9.92. The summed E-state index contributed by atoms with van der Waals surface area (Å²) in [6, 6.07) is 5.75. The fourth-order valence-electron chi connectivity index (χ4n) is 1.70. The number of ether oxygens (including phenoxy) is 1. The molecule has 20 heavy (non-hydrogen) atoms. The predicted octanol–water partition coefficient (Wildman–Crippen LogP) is 3.29. The van der Waals surface area contributed by atoms with E-state index in [1.165, 1.54) is 12.1 Å². The van der Waals surface area contributed by atoms with E-state index in [9.17, 15) is 4.39 Å². The number of benzene rings is 1. The Labute approximate surface area is 121 Å². The molecule has 3 rings (SSSR count). The van der Waals surface area contributed by atoms with E-state index in [1.807, 2.05) is 0 Å². The Hall–Kier alpha value is -2.46. The van der Waals surface area contributed by atoms with Gasteiger partial charge in [0, 0.05) is 24.7 Å². The van der Waals surface area contributed by atoms with Gasteiger partial charge < -0.3 is 4.74 Å². The molecule has 98 valence electrons. The molecule has 0 spiro atoms. The molecule has 5 nitrogen and oxygen atoms in total. The highest BCUT2D eigenvalue weighted by atomic mass is 79.9. The minimum Gasteiger partial charge on any atom is -0.436 e. The van der Waals surface area contributed by atoms with Gasteiger partial charge in [0.15, 0.2) is 0 Å². The fraction of sp³-hybridized carbons (Fsp3) is 0. The van der Waals surface area contributed by atoms with E-state index in [0.29, 0.717) is 10.3 Å². The van der Waals surface area contributed by atoms with Gasteiger partial charge in [0.2, 0.25) is 5.65 Å². The molecular formula is C13H6BrFN4O. The molecule has 0 bridgehead atoms. The Bertz CT molecular complexity index is 840. The zero-order valence-corrected chi connectivity index (χ0v) is 11.5. The van der Waals surface area contributed by atoms with Crippen LogP contribution in [0, 0.1) is 17.1 Å². The van der Waals surface area contributed by atoms with Gasteiger partial charge in [0.25, 0.3) is 5.88 Å². The predicted molar refractivity (Wildman–Crippen MR) is 71.9 cm³/mol. The molecule has 0 aliphatic rings. The summed E-state index contributed by atoms with van der Waals surface area (Å²) in [5, 5.41) is 8.69. The Balaban J connectivity index is 2.03. The number of nitrogens with zero attached hydrogens (tertiary/aromatic N) is 4. The molecule has 0 radical (unpaired) electrons. The van der Waals surface area contributed by atoms with Crippen molar-refractivity contribution in [2.75, 3.05) is 0 Å². The summed E-state index contributed by atoms with van der Waals surface area (Å²) in [5.74, 6) is -0.148. The number of nitriles is 1. The number of halogens is 2. The second-order valence-corrected chi connectivity index (χ2v) is 4.69. The molecular weight excluding hydrogens is 327 g/mol. The fourth-order valence-corrected chi connectivity index (χ4v) is 2.09. The van der Waals surface area contributed by atoms with E-state index in [4.69, 9.17) is 10.00 Å². The highest BCUT2D eigenvalue weighted by Gasteiger charge is 2.10. The van der Waals surface area contributed by atoms with Gasteiger partial charge in [-0.05, 0) is 28.1 Å². The minimum absolute atomic E-state index is 0.0366. The SMILES string of the molecule is N#Cc1ccc(Oc2nc(Br)cn3ccnc23)cc1F. The van der Waals surface area contributed by atoms with Crippen LogP contribution in [0.5, 0.6) is 11.6 Å². The Morgan fingerprint density at radius 1 is 1.40 bits per heavy atom. The van der Waals surface area contributed by atoms with Crippen LogP contribution in [0.25, 0.3) is 5.65 Å². The van der Waals surface area contributed by atoms with Crippen molar-refractivity contribution in [3.05, 3.63) is 52.8 Å². The maximum absolute atomic E-state index is 13.5. The van der Waals surface area contributed by atoms with E-state index in [2.05, 4.69) is 25.9 Å². The second-order valence-electron chi connectivity index (χ2n) is 3.88. The first-order valence-electron chi connectivity index (χ1n) is 5.54. The number of rotatable bonds is 2. The highest BCUT2D eigenvalue weighted by Crippen LogP contribution is 2.26. The number of imidazole rings is 1. The van der Waals surface area contributed by atoms with Crippen molar-refractivity contribution in [3.8, 4) is 17.7 Å². The summed E-state index contributed by atoms with van der Waals surface area (Å²) in [4.78, 5) is 8.29. The molecule has 0 aliphatic carbocycles. The van der Waals surface area contributed by atoms with Crippen LogP contribution in [0.2, 0.25) is 0 Å². The number of hydrogen-bond acceptors (Lipinski definition) is 4. The number of fused-ring (bicyclic) bond motifs is 1. The summed E-state index contributed by atoms with van der Waals surface area (Å²) in [6.45, 7) is 0. The van der Waals surface area contributed by atoms with Gasteiger partial charge in [0.05, 0.1) is 5.56 Å². The monoisotopic (exact) mass is 332 g/mol. The standard InChI is InChI=1S/C13H6BrFN4O/c14-11-7-19-4-3-17-12(19)13(18-11)20-9-2-1-8(6-16)10(15)5-9/h1-5,7H. The van der Waals surface area contributed by atoms with E-state index in [-0.39, 0.29) is 17.2 Å². The summed E-state index contributed by atoms with van der Waals surface area (Å²) < 4.78 is 21.4. The van der Waals surface area contributed by atoms with Crippen LogP contribution in [0.15, 0.2) is 41.4 Å². The van der Waals surface area contributed by atoms with Crippen molar-refractivity contribution in [2.24, 2.45) is 0 Å². The van der Waals surface area contributed by atoms with Crippen LogP contribution in [0.3, 0.4) is 0 Å². The lowest BCUT2D eigenvalue weighted by Crippen LogP contribution is -1.95. The molecule has 0 unspecified atom stereocenters. The van der Waals surface area contributed by atoms with Gasteiger partial charge in [0.1, 0.15) is 22.2 Å². The van der Waals surface area contributed by atoms with Crippen LogP contribution in [-0.4, -0.2) is 14.4 Å². The van der Waals surface area contributed by atoms with Gasteiger partial charge in [-0.15, -0.1) is 0 Å². The summed E-state index contributed by atoms with van der Waals surface area (Å²) in [5.41, 5.74) is 0.475. The third kappa shape index (κ3) is 2.21. The lowest BCUT2D eigenvalue weighted by atomic mass is 10.2. The van der Waals surface area contributed by atoms with Crippen molar-refractivity contribution in [2.45, 2.75) is 0 Å². The Morgan fingerprint density at radius 3 is 3.00 bits per heavy atom. The van der Waals surface area contributed by atoms with Crippen molar-refractivity contribution in [3.63, 3.8) is 0 Å². The summed E-state index contributed by atoms with van der Waals surface area (Å²) in [6.07, 6.45) is 5.08. The number of hydrogen-bond donors (Lipinski definition) is 0. The minimum atomic E-state index is -0.639. The van der Waals surface area contributed by atoms with E-state index < -0.39 is 5.82 Å². The second kappa shape index (κ2) is 4.90. The smallest absolute Gasteiger partial charge is 0.264 e. The third-order valence-corrected chi connectivity index (χ3v) is 2.97. The van der Waals surface area contributed by atoms with Crippen LogP contribution < -0.4 is 4.74 Å². The Kier molecular flexibility index (Phi) is 3.08. The molecule has 0 fully saturated rings. The van der Waals surface area contributed by atoms with Gasteiger partial charge in [-0.3, -0.25) is 4.40 Å². The molecule has 0 atom stereocenters. The molecule has 2 heterocycles. The summed E-state index contributed by atoms with van der Waals surface area (Å²) >= 11 is 3.26. The van der Waals surface area contributed by atoms with Crippen molar-refractivity contribution in [1.29, 1.82) is 5.26 Å². The van der Waals surface area contributed by atoms with Gasteiger partial charge in [-0.1, -0.05) is 0 Å². The van der Waals surface area contributed by atoms with Crippen LogP contribution in [0.4, 0.5) is 4.39 Å². The molecule has 0 saturated carbocycles. The lowest BCUT2D eigenvalue weighted by Gasteiger charge is -2.07. The average molecular weight is 333 g/mol. The molecule has 7 heteroatoms. The highest BCUT2D eigenvalue weighted by molar-refractivity contribution is 9.10. The Morgan fingerprint density at radius 2 is 2.25 bits per heavy atom. The van der Waals surface area contributed by atoms with E-state index in [1.54, 1.807) is 29.1 Å². The molecule has 0 saturated heterocycles. The maximum Gasteiger partial charge on any atom is 0.264 e. The van der Waals surface area contributed by atoms with Crippen LogP contribution >= 0.6 is 15.9 Å². The quantitative estimate of drug-likeness (QED) is 0.722. The molecule has 0 amide bonds. The molecule has 0 N–H and O–H groups in total. The van der Waals surface area contributed by atoms with E-state index >= 15 is 0 Å². The topological polar surface area (TPSA) is 63.2 Å². The van der Waals surface area contributed by atoms with Crippen LogP contribution in [0.1, 0.15) is 5.56 Å². The number of aromatic nitrogens is 3. The van der Waals surface area contributed by atoms with E-state index in [0.717, 1.165) is 6.07 Å². The van der Waals surface area contributed by atoms with Crippen molar-refractivity contribution < 1.29 is 9.13 Å². The molecule has 2 aromatic heterocycles. The first-order chi connectivity index (χ1) is 9.67. The van der Waals surface area contributed by atoms with Crippen molar-refractivity contribution >= 4 is 21.6 Å². The lowest BCUT2D eigenvalue weighted by molar-refractivity contribution is 0.458. The molecule has 3 aromatic rings. The molecule has 0 aliphatic heterocycles. The van der Waals surface area contributed by atoms with Gasteiger partial charge in [-0.25, -0.2) is 14.4 Å². The average Bonchev–Trinajstić information content (AvgIpc) is 2.87. The third-order valence-electron chi connectivity index (χ3n) is 2.59.